The summed E-state index contributed by atoms with van der Waals surface area (Å²) < 4.78 is 1.20. The van der Waals surface area contributed by atoms with Crippen LogP contribution in [-0.4, -0.2) is 24.3 Å². The zero-order valence-electron chi connectivity index (χ0n) is 8.47. The number of urea groups is 1. The number of aryl methyl sites for hydroxylation is 1. The van der Waals surface area contributed by atoms with E-state index in [1.165, 1.54) is 4.31 Å². The predicted octanol–water partition coefficient (Wildman–Crippen LogP) is 1.35. The van der Waals surface area contributed by atoms with Crippen LogP contribution in [0.25, 0.3) is 0 Å². The SMILES string of the molecule is Cc1ccc(N(S)C(=O)NCCO)cc1. The predicted molar refractivity (Wildman–Crippen MR) is 63.1 cm³/mol. The van der Waals surface area contributed by atoms with Crippen molar-refractivity contribution in [3.63, 3.8) is 0 Å². The third-order valence-corrected chi connectivity index (χ3v) is 2.27. The average molecular weight is 226 g/mol. The van der Waals surface area contributed by atoms with Crippen molar-refractivity contribution in [2.45, 2.75) is 6.92 Å². The number of nitrogens with one attached hydrogen (secondary N) is 1. The minimum Gasteiger partial charge on any atom is -0.395 e. The van der Waals surface area contributed by atoms with Gasteiger partial charge >= 0.3 is 6.03 Å². The van der Waals surface area contributed by atoms with Gasteiger partial charge in [0.2, 0.25) is 0 Å². The molecule has 5 heteroatoms. The summed E-state index contributed by atoms with van der Waals surface area (Å²) in [5, 5.41) is 11.1. The number of aliphatic hydroxyl groups is 1. The lowest BCUT2D eigenvalue weighted by Gasteiger charge is -2.16. The first kappa shape index (κ1) is 11.9. The number of amides is 2. The number of hydrogen-bond donors (Lipinski definition) is 3. The molecule has 15 heavy (non-hydrogen) atoms. The molecule has 4 nitrogen and oxygen atoms in total. The molecule has 0 aromatic heterocycles. The molecule has 0 aliphatic carbocycles. The van der Waals surface area contributed by atoms with Crippen molar-refractivity contribution in [2.75, 3.05) is 17.5 Å². The molecule has 1 aromatic carbocycles. The lowest BCUT2D eigenvalue weighted by Crippen LogP contribution is -2.35. The highest BCUT2D eigenvalue weighted by molar-refractivity contribution is 7.82. The second-order valence-corrected chi connectivity index (χ2v) is 3.50. The molecule has 0 saturated heterocycles. The average Bonchev–Trinajstić information content (AvgIpc) is 2.26. The molecule has 0 spiro atoms. The number of carbonyl (C=O) groups is 1. The molecule has 0 heterocycles. The highest BCUT2D eigenvalue weighted by Crippen LogP contribution is 2.16. The van der Waals surface area contributed by atoms with Crippen LogP contribution in [0.1, 0.15) is 5.56 Å². The van der Waals surface area contributed by atoms with E-state index in [9.17, 15) is 4.79 Å². The van der Waals surface area contributed by atoms with Crippen LogP contribution in [0, 0.1) is 6.92 Å². The monoisotopic (exact) mass is 226 g/mol. The normalized spacial score (nSPS) is 9.80. The van der Waals surface area contributed by atoms with Crippen molar-refractivity contribution < 1.29 is 9.90 Å². The molecule has 0 unspecified atom stereocenters. The maximum absolute atomic E-state index is 11.4. The third kappa shape index (κ3) is 3.45. The summed E-state index contributed by atoms with van der Waals surface area (Å²) in [4.78, 5) is 11.4. The first-order valence-corrected chi connectivity index (χ1v) is 4.99. The molecule has 0 fully saturated rings. The van der Waals surface area contributed by atoms with Gasteiger partial charge in [-0.1, -0.05) is 30.5 Å². The van der Waals surface area contributed by atoms with Gasteiger partial charge in [-0.2, -0.15) is 0 Å². The zero-order valence-corrected chi connectivity index (χ0v) is 9.37. The summed E-state index contributed by atoms with van der Waals surface area (Å²) in [6, 6.07) is 7.06. The van der Waals surface area contributed by atoms with Gasteiger partial charge in [-0.05, 0) is 19.1 Å². The number of benzene rings is 1. The summed E-state index contributed by atoms with van der Waals surface area (Å²) in [6.07, 6.45) is 0. The standard InChI is InChI=1S/C10H14N2O2S/c1-8-2-4-9(5-3-8)12(15)10(14)11-6-7-13/h2-5,13,15H,6-7H2,1H3,(H,11,14). The van der Waals surface area contributed by atoms with Crippen LogP contribution in [0.15, 0.2) is 24.3 Å². The molecule has 0 aliphatic heterocycles. The van der Waals surface area contributed by atoms with Gasteiger partial charge in [0.15, 0.2) is 0 Å². The minimum absolute atomic E-state index is 0.0821. The van der Waals surface area contributed by atoms with Crippen LogP contribution >= 0.6 is 12.8 Å². The quantitative estimate of drug-likeness (QED) is 0.681. The second kappa shape index (κ2) is 5.63. The van der Waals surface area contributed by atoms with E-state index in [2.05, 4.69) is 18.1 Å². The van der Waals surface area contributed by atoms with Crippen LogP contribution in [-0.2, 0) is 0 Å². The van der Waals surface area contributed by atoms with Crippen molar-refractivity contribution in [1.82, 2.24) is 5.32 Å². The topological polar surface area (TPSA) is 52.6 Å². The van der Waals surface area contributed by atoms with Crippen molar-refractivity contribution in [2.24, 2.45) is 0 Å². The van der Waals surface area contributed by atoms with E-state index in [4.69, 9.17) is 5.11 Å². The third-order valence-electron chi connectivity index (χ3n) is 1.86. The van der Waals surface area contributed by atoms with Gasteiger partial charge in [0.25, 0.3) is 0 Å². The molecule has 0 radical (unpaired) electrons. The Kier molecular flexibility index (Phi) is 4.45. The Morgan fingerprint density at radius 2 is 2.07 bits per heavy atom. The van der Waals surface area contributed by atoms with Crippen LogP contribution in [0.5, 0.6) is 0 Å². The molecule has 82 valence electrons. The molecular formula is C10H14N2O2S. The van der Waals surface area contributed by atoms with Crippen LogP contribution in [0.3, 0.4) is 0 Å². The van der Waals surface area contributed by atoms with Gasteiger partial charge in [0.05, 0.1) is 12.3 Å². The number of hydrogen-bond acceptors (Lipinski definition) is 3. The van der Waals surface area contributed by atoms with E-state index in [0.29, 0.717) is 5.69 Å². The number of carbonyl (C=O) groups excluding carboxylic acids is 1. The summed E-state index contributed by atoms with van der Waals surface area (Å²) in [6.45, 7) is 2.11. The highest BCUT2D eigenvalue weighted by atomic mass is 32.1. The summed E-state index contributed by atoms with van der Waals surface area (Å²) in [7, 11) is 0. The van der Waals surface area contributed by atoms with Gasteiger partial charge in [-0.25, -0.2) is 9.10 Å². The Morgan fingerprint density at radius 1 is 1.47 bits per heavy atom. The molecule has 0 saturated carbocycles. The fourth-order valence-corrected chi connectivity index (χ4v) is 1.24. The molecule has 0 atom stereocenters. The highest BCUT2D eigenvalue weighted by Gasteiger charge is 2.10. The van der Waals surface area contributed by atoms with Crippen molar-refractivity contribution in [3.05, 3.63) is 29.8 Å². The van der Waals surface area contributed by atoms with Gasteiger partial charge in [0, 0.05) is 6.54 Å². The van der Waals surface area contributed by atoms with Gasteiger partial charge in [-0.15, -0.1) is 0 Å². The van der Waals surface area contributed by atoms with Crippen molar-refractivity contribution in [3.8, 4) is 0 Å². The second-order valence-electron chi connectivity index (χ2n) is 3.10. The van der Waals surface area contributed by atoms with E-state index in [-0.39, 0.29) is 19.2 Å². The Bertz CT molecular complexity index is 327. The fraction of sp³-hybridized carbons (Fsp3) is 0.300. The summed E-state index contributed by atoms with van der Waals surface area (Å²) in [5.74, 6) is 0. The van der Waals surface area contributed by atoms with E-state index >= 15 is 0 Å². The maximum atomic E-state index is 11.4. The Balaban J connectivity index is 2.63. The number of thiol groups is 1. The van der Waals surface area contributed by atoms with Crippen molar-refractivity contribution >= 4 is 24.5 Å². The molecular weight excluding hydrogens is 212 g/mol. The number of rotatable bonds is 3. The lowest BCUT2D eigenvalue weighted by atomic mass is 10.2. The first-order chi connectivity index (χ1) is 7.15. The Labute approximate surface area is 94.4 Å². The summed E-state index contributed by atoms with van der Waals surface area (Å²) >= 11 is 4.06. The van der Waals surface area contributed by atoms with Crippen LogP contribution in [0.2, 0.25) is 0 Å². The maximum Gasteiger partial charge on any atom is 0.332 e. The molecule has 2 amide bonds. The first-order valence-electron chi connectivity index (χ1n) is 4.59. The van der Waals surface area contributed by atoms with E-state index in [0.717, 1.165) is 5.56 Å². The van der Waals surface area contributed by atoms with E-state index in [1.54, 1.807) is 12.1 Å². The molecule has 0 aliphatic rings. The lowest BCUT2D eigenvalue weighted by molar-refractivity contribution is 0.243. The van der Waals surface area contributed by atoms with Gasteiger partial charge in [-0.3, -0.25) is 0 Å². The van der Waals surface area contributed by atoms with Crippen LogP contribution < -0.4 is 9.62 Å². The molecule has 1 rings (SSSR count). The smallest absolute Gasteiger partial charge is 0.332 e. The van der Waals surface area contributed by atoms with E-state index in [1.807, 2.05) is 19.1 Å². The van der Waals surface area contributed by atoms with Crippen LogP contribution in [0.4, 0.5) is 10.5 Å². The Hall–Kier alpha value is -1.20. The molecule has 2 N–H and O–H groups in total. The molecule has 0 bridgehead atoms. The number of aliphatic hydroxyl groups excluding tert-OH is 1. The van der Waals surface area contributed by atoms with Gasteiger partial charge < -0.3 is 10.4 Å². The van der Waals surface area contributed by atoms with E-state index < -0.39 is 0 Å². The largest absolute Gasteiger partial charge is 0.395 e. The van der Waals surface area contributed by atoms with Crippen molar-refractivity contribution in [1.29, 1.82) is 0 Å². The fourth-order valence-electron chi connectivity index (χ4n) is 1.04. The zero-order chi connectivity index (χ0) is 11.3. The minimum atomic E-state index is -0.351. The Morgan fingerprint density at radius 3 is 2.60 bits per heavy atom. The summed E-state index contributed by atoms with van der Waals surface area (Å²) in [5.41, 5.74) is 1.82. The number of nitrogens with zero attached hydrogens (tertiary/aromatic N) is 1. The number of anilines is 1. The van der Waals surface area contributed by atoms with Gasteiger partial charge in [0.1, 0.15) is 0 Å². The molecule has 1 aromatic rings.